The number of nitrogens with zero attached hydrogens (tertiary/aromatic N) is 5. The van der Waals surface area contributed by atoms with E-state index in [9.17, 15) is 4.79 Å². The lowest BCUT2D eigenvalue weighted by Crippen LogP contribution is -2.23. The molecule has 20 heavy (non-hydrogen) atoms. The van der Waals surface area contributed by atoms with Crippen LogP contribution in [0.3, 0.4) is 0 Å². The molecule has 0 aliphatic carbocycles. The van der Waals surface area contributed by atoms with E-state index in [1.807, 2.05) is 5.38 Å². The summed E-state index contributed by atoms with van der Waals surface area (Å²) in [4.78, 5) is 16.4. The quantitative estimate of drug-likeness (QED) is 0.776. The number of thiazole rings is 1. The molecule has 3 rings (SSSR count). The SMILES string of the molecule is CCc1csc(CNC(=O)c2ccc3nnnn3c2)n1. The highest BCUT2D eigenvalue weighted by Crippen LogP contribution is 2.10. The van der Waals surface area contributed by atoms with Crippen molar-refractivity contribution in [3.8, 4) is 0 Å². The first-order valence-electron chi connectivity index (χ1n) is 6.15. The zero-order valence-corrected chi connectivity index (χ0v) is 11.6. The van der Waals surface area contributed by atoms with Gasteiger partial charge in [-0.25, -0.2) is 4.98 Å². The third-order valence-corrected chi connectivity index (χ3v) is 3.71. The normalized spacial score (nSPS) is 10.8. The first-order chi connectivity index (χ1) is 9.76. The minimum absolute atomic E-state index is 0.171. The topological polar surface area (TPSA) is 85.1 Å². The Morgan fingerprint density at radius 3 is 3.15 bits per heavy atom. The van der Waals surface area contributed by atoms with E-state index in [1.54, 1.807) is 29.7 Å². The van der Waals surface area contributed by atoms with Gasteiger partial charge in [-0.15, -0.1) is 16.4 Å². The maximum absolute atomic E-state index is 12.0. The number of hydrogen-bond donors (Lipinski definition) is 1. The molecule has 3 aromatic rings. The molecular weight excluding hydrogens is 276 g/mol. The molecule has 0 aromatic carbocycles. The lowest BCUT2D eigenvalue weighted by atomic mass is 10.2. The minimum Gasteiger partial charge on any atom is -0.345 e. The highest BCUT2D eigenvalue weighted by molar-refractivity contribution is 7.09. The second-order valence-electron chi connectivity index (χ2n) is 4.17. The van der Waals surface area contributed by atoms with E-state index in [1.165, 1.54) is 4.52 Å². The zero-order chi connectivity index (χ0) is 13.9. The van der Waals surface area contributed by atoms with Gasteiger partial charge in [0.05, 0.1) is 17.8 Å². The molecule has 0 saturated heterocycles. The van der Waals surface area contributed by atoms with Crippen LogP contribution in [-0.2, 0) is 13.0 Å². The number of rotatable bonds is 4. The molecule has 102 valence electrons. The number of hydrogen-bond acceptors (Lipinski definition) is 6. The van der Waals surface area contributed by atoms with Gasteiger partial charge in [-0.3, -0.25) is 4.79 Å². The summed E-state index contributed by atoms with van der Waals surface area (Å²) in [6.07, 6.45) is 2.50. The van der Waals surface area contributed by atoms with Crippen molar-refractivity contribution in [1.29, 1.82) is 0 Å². The Kier molecular flexibility index (Phi) is 3.38. The highest BCUT2D eigenvalue weighted by Gasteiger charge is 2.08. The monoisotopic (exact) mass is 288 g/mol. The smallest absolute Gasteiger partial charge is 0.253 e. The molecule has 1 amide bonds. The molecule has 0 unspecified atom stereocenters. The van der Waals surface area contributed by atoms with Crippen molar-refractivity contribution in [1.82, 2.24) is 30.3 Å². The third-order valence-electron chi connectivity index (χ3n) is 2.82. The van der Waals surface area contributed by atoms with Crippen molar-refractivity contribution in [3.05, 3.63) is 40.0 Å². The number of fused-ring (bicyclic) bond motifs is 1. The van der Waals surface area contributed by atoms with Crippen molar-refractivity contribution < 1.29 is 4.79 Å². The van der Waals surface area contributed by atoms with Gasteiger partial charge in [0, 0.05) is 11.6 Å². The third kappa shape index (κ3) is 2.50. The Morgan fingerprint density at radius 2 is 2.35 bits per heavy atom. The predicted molar refractivity (Wildman–Crippen MR) is 73.4 cm³/mol. The summed E-state index contributed by atoms with van der Waals surface area (Å²) in [5, 5.41) is 16.8. The van der Waals surface area contributed by atoms with Gasteiger partial charge in [-0.1, -0.05) is 6.92 Å². The van der Waals surface area contributed by atoms with Crippen molar-refractivity contribution in [2.24, 2.45) is 0 Å². The van der Waals surface area contributed by atoms with Crippen LogP contribution in [0.5, 0.6) is 0 Å². The molecule has 8 heteroatoms. The number of aryl methyl sites for hydroxylation is 1. The van der Waals surface area contributed by atoms with Gasteiger partial charge in [-0.05, 0) is 29.0 Å². The Morgan fingerprint density at radius 1 is 1.45 bits per heavy atom. The highest BCUT2D eigenvalue weighted by atomic mass is 32.1. The lowest BCUT2D eigenvalue weighted by Gasteiger charge is -2.03. The Balaban J connectivity index is 1.69. The standard InChI is InChI=1S/C12H12N6OS/c1-2-9-7-20-11(14-9)5-13-12(19)8-3-4-10-15-16-17-18(10)6-8/h3-4,6-7H,2,5H2,1H3,(H,13,19). The number of carbonyl (C=O) groups excluding carboxylic acids is 1. The lowest BCUT2D eigenvalue weighted by molar-refractivity contribution is 0.0950. The van der Waals surface area contributed by atoms with Gasteiger partial charge >= 0.3 is 0 Å². The summed E-state index contributed by atoms with van der Waals surface area (Å²) >= 11 is 1.55. The number of amides is 1. The average Bonchev–Trinajstić information content (AvgIpc) is 3.12. The maximum Gasteiger partial charge on any atom is 0.253 e. The molecule has 0 aliphatic rings. The van der Waals surface area contributed by atoms with Crippen LogP contribution < -0.4 is 5.32 Å². The van der Waals surface area contributed by atoms with Crippen LogP contribution in [0.15, 0.2) is 23.7 Å². The molecule has 7 nitrogen and oxygen atoms in total. The number of tetrazole rings is 1. The summed E-state index contributed by atoms with van der Waals surface area (Å²) in [7, 11) is 0. The fraction of sp³-hybridized carbons (Fsp3) is 0.250. The Labute approximate surface area is 118 Å². The van der Waals surface area contributed by atoms with Crippen molar-refractivity contribution >= 4 is 22.9 Å². The van der Waals surface area contributed by atoms with E-state index >= 15 is 0 Å². The van der Waals surface area contributed by atoms with Crippen LogP contribution in [0.2, 0.25) is 0 Å². The fourth-order valence-corrected chi connectivity index (χ4v) is 2.54. The Bertz CT molecular complexity index is 749. The number of aromatic nitrogens is 5. The molecule has 0 spiro atoms. The number of pyridine rings is 1. The average molecular weight is 288 g/mol. The summed E-state index contributed by atoms with van der Waals surface area (Å²) in [5.74, 6) is -0.171. The first kappa shape index (κ1) is 12.7. The van der Waals surface area contributed by atoms with Crippen LogP contribution in [0.4, 0.5) is 0 Å². The van der Waals surface area contributed by atoms with E-state index in [4.69, 9.17) is 0 Å². The van der Waals surface area contributed by atoms with E-state index in [0.29, 0.717) is 17.8 Å². The first-order valence-corrected chi connectivity index (χ1v) is 7.03. The molecule has 0 fully saturated rings. The van der Waals surface area contributed by atoms with Crippen LogP contribution in [0.1, 0.15) is 28.0 Å². The van der Waals surface area contributed by atoms with Crippen molar-refractivity contribution in [2.45, 2.75) is 19.9 Å². The van der Waals surface area contributed by atoms with Gasteiger partial charge in [0.2, 0.25) is 0 Å². The molecule has 0 atom stereocenters. The molecule has 1 N–H and O–H groups in total. The van der Waals surface area contributed by atoms with Crippen LogP contribution in [0.25, 0.3) is 5.65 Å². The van der Waals surface area contributed by atoms with Gasteiger partial charge < -0.3 is 5.32 Å². The van der Waals surface area contributed by atoms with Gasteiger partial charge in [0.25, 0.3) is 5.91 Å². The predicted octanol–water partition coefficient (Wildman–Crippen LogP) is 1.07. The van der Waals surface area contributed by atoms with Crippen molar-refractivity contribution in [2.75, 3.05) is 0 Å². The largest absolute Gasteiger partial charge is 0.345 e. The maximum atomic E-state index is 12.0. The van der Waals surface area contributed by atoms with E-state index in [2.05, 4.69) is 32.7 Å². The van der Waals surface area contributed by atoms with E-state index < -0.39 is 0 Å². The Hall–Kier alpha value is -2.35. The molecule has 0 bridgehead atoms. The molecule has 3 heterocycles. The summed E-state index contributed by atoms with van der Waals surface area (Å²) in [5.41, 5.74) is 2.17. The molecule has 0 saturated carbocycles. The van der Waals surface area contributed by atoms with Gasteiger partial charge in [0.1, 0.15) is 5.01 Å². The van der Waals surface area contributed by atoms with Crippen LogP contribution >= 0.6 is 11.3 Å². The van der Waals surface area contributed by atoms with E-state index in [-0.39, 0.29) is 5.91 Å². The molecular formula is C12H12N6OS. The summed E-state index contributed by atoms with van der Waals surface area (Å²) in [6.45, 7) is 2.48. The minimum atomic E-state index is -0.171. The number of carbonyl (C=O) groups is 1. The summed E-state index contributed by atoms with van der Waals surface area (Å²) < 4.78 is 1.47. The van der Waals surface area contributed by atoms with E-state index in [0.717, 1.165) is 17.1 Å². The van der Waals surface area contributed by atoms with Crippen LogP contribution in [-0.4, -0.2) is 30.9 Å². The van der Waals surface area contributed by atoms with Crippen molar-refractivity contribution in [3.63, 3.8) is 0 Å². The molecule has 0 radical (unpaired) electrons. The van der Waals surface area contributed by atoms with Gasteiger partial charge in [-0.2, -0.15) is 4.52 Å². The molecule has 0 aliphatic heterocycles. The summed E-state index contributed by atoms with van der Waals surface area (Å²) in [6, 6.07) is 3.40. The second-order valence-corrected chi connectivity index (χ2v) is 5.11. The number of nitrogens with one attached hydrogen (secondary N) is 1. The molecule has 3 aromatic heterocycles. The van der Waals surface area contributed by atoms with Gasteiger partial charge in [0.15, 0.2) is 5.65 Å². The fourth-order valence-electron chi connectivity index (χ4n) is 1.73. The second kappa shape index (κ2) is 5.33. The van der Waals surface area contributed by atoms with Crippen LogP contribution in [0, 0.1) is 0 Å². The zero-order valence-electron chi connectivity index (χ0n) is 10.8.